The zero-order chi connectivity index (χ0) is 20.5. The van der Waals surface area contributed by atoms with Crippen LogP contribution in [0.25, 0.3) is 5.57 Å². The van der Waals surface area contributed by atoms with Gasteiger partial charge in [-0.1, -0.05) is 43.3 Å². The molecule has 0 N–H and O–H groups in total. The lowest BCUT2D eigenvalue weighted by Gasteiger charge is -2.22. The number of carbonyl (C=O) groups is 1. The van der Waals surface area contributed by atoms with Crippen LogP contribution >= 0.6 is 0 Å². The minimum absolute atomic E-state index is 0.226. The largest absolute Gasteiger partial charge is 0.302 e. The Bertz CT molecular complexity index is 1040. The quantitative estimate of drug-likeness (QED) is 0.728. The maximum atomic E-state index is 12.9. The molecule has 0 saturated carbocycles. The average Bonchev–Trinajstić information content (AvgIpc) is 3.21. The van der Waals surface area contributed by atoms with Gasteiger partial charge in [-0.25, -0.2) is 0 Å². The van der Waals surface area contributed by atoms with Crippen LogP contribution in [0.1, 0.15) is 35.6 Å². The van der Waals surface area contributed by atoms with Gasteiger partial charge in [0.25, 0.3) is 0 Å². The molecule has 0 aromatic heterocycles. The predicted octanol–water partition coefficient (Wildman–Crippen LogP) is 4.05. The van der Waals surface area contributed by atoms with E-state index in [0.717, 1.165) is 61.7 Å². The second-order valence-electron chi connectivity index (χ2n) is 8.58. The number of nitrogens with zero attached hydrogens (tertiary/aromatic N) is 3. The van der Waals surface area contributed by atoms with Crippen LogP contribution in [0, 0.1) is 0 Å². The Balaban J connectivity index is 1.42. The highest BCUT2D eigenvalue weighted by molar-refractivity contribution is 6.30. The van der Waals surface area contributed by atoms with Crippen LogP contribution in [0.2, 0.25) is 0 Å². The standard InChI is InChI=1S/C26H29N3O/c1-2-28-11-6-12-29(14-13-28)18-21-9-5-8-20-16-25(30)23(26(20)21)17-22-15-19-7-3-4-10-24(19)27-22/h3-5,7-10,17H,2,6,11-16,18H2,1H3/b23-17+. The van der Waals surface area contributed by atoms with Crippen molar-refractivity contribution in [3.8, 4) is 0 Å². The molecule has 30 heavy (non-hydrogen) atoms. The summed E-state index contributed by atoms with van der Waals surface area (Å²) in [7, 11) is 0. The number of carbonyl (C=O) groups excluding carboxylic acids is 1. The molecular weight excluding hydrogens is 370 g/mol. The van der Waals surface area contributed by atoms with Gasteiger partial charge in [-0.05, 0) is 60.5 Å². The van der Waals surface area contributed by atoms with Gasteiger partial charge in [0.05, 0.1) is 5.69 Å². The van der Waals surface area contributed by atoms with E-state index in [9.17, 15) is 4.79 Å². The molecule has 2 heterocycles. The van der Waals surface area contributed by atoms with Crippen molar-refractivity contribution in [1.82, 2.24) is 9.80 Å². The van der Waals surface area contributed by atoms with Crippen LogP contribution in [0.5, 0.6) is 0 Å². The predicted molar refractivity (Wildman–Crippen MR) is 122 cm³/mol. The van der Waals surface area contributed by atoms with Crippen molar-refractivity contribution in [2.24, 2.45) is 4.99 Å². The molecule has 0 bridgehead atoms. The summed E-state index contributed by atoms with van der Waals surface area (Å²) in [6.07, 6.45) is 4.58. The van der Waals surface area contributed by atoms with Gasteiger partial charge < -0.3 is 4.90 Å². The van der Waals surface area contributed by atoms with Gasteiger partial charge in [0.2, 0.25) is 0 Å². The summed E-state index contributed by atoms with van der Waals surface area (Å²) in [5.41, 5.74) is 7.75. The summed E-state index contributed by atoms with van der Waals surface area (Å²) >= 11 is 0. The first kappa shape index (κ1) is 19.4. The van der Waals surface area contributed by atoms with Gasteiger partial charge in [0, 0.05) is 43.8 Å². The second kappa shape index (κ2) is 8.29. The van der Waals surface area contributed by atoms with Gasteiger partial charge in [-0.15, -0.1) is 0 Å². The number of para-hydroxylation sites is 1. The number of benzene rings is 2. The maximum Gasteiger partial charge on any atom is 0.167 e. The smallest absolute Gasteiger partial charge is 0.167 e. The fraction of sp³-hybridized carbons (Fsp3) is 0.385. The summed E-state index contributed by atoms with van der Waals surface area (Å²) in [4.78, 5) is 22.8. The van der Waals surface area contributed by atoms with E-state index in [0.29, 0.717) is 6.42 Å². The number of Topliss-reactive ketones (excluding diaryl/α,β-unsaturated/α-hetero) is 1. The number of hydrogen-bond donors (Lipinski definition) is 0. The molecule has 0 amide bonds. The summed E-state index contributed by atoms with van der Waals surface area (Å²) < 4.78 is 0. The van der Waals surface area contributed by atoms with E-state index in [-0.39, 0.29) is 5.78 Å². The average molecular weight is 400 g/mol. The molecule has 0 atom stereocenters. The molecule has 1 saturated heterocycles. The number of rotatable bonds is 4. The van der Waals surface area contributed by atoms with Crippen molar-refractivity contribution < 1.29 is 4.79 Å². The van der Waals surface area contributed by atoms with Gasteiger partial charge in [-0.3, -0.25) is 14.7 Å². The van der Waals surface area contributed by atoms with Crippen molar-refractivity contribution in [2.45, 2.75) is 32.7 Å². The van der Waals surface area contributed by atoms with Gasteiger partial charge >= 0.3 is 0 Å². The Morgan fingerprint density at radius 1 is 0.933 bits per heavy atom. The molecule has 0 radical (unpaired) electrons. The van der Waals surface area contributed by atoms with Crippen molar-refractivity contribution in [1.29, 1.82) is 0 Å². The fourth-order valence-corrected chi connectivity index (χ4v) is 4.99. The third-order valence-electron chi connectivity index (χ3n) is 6.62. The molecule has 2 aromatic carbocycles. The summed E-state index contributed by atoms with van der Waals surface area (Å²) in [6.45, 7) is 8.80. The van der Waals surface area contributed by atoms with Crippen LogP contribution in [0.3, 0.4) is 0 Å². The van der Waals surface area contributed by atoms with E-state index in [1.807, 2.05) is 6.07 Å². The summed E-state index contributed by atoms with van der Waals surface area (Å²) in [5, 5.41) is 0. The zero-order valence-electron chi connectivity index (χ0n) is 17.7. The van der Waals surface area contributed by atoms with Gasteiger partial charge in [0.1, 0.15) is 0 Å². The van der Waals surface area contributed by atoms with E-state index >= 15 is 0 Å². The first-order chi connectivity index (χ1) is 14.7. The normalized spacial score (nSPS) is 20.9. The lowest BCUT2D eigenvalue weighted by atomic mass is 9.98. The van der Waals surface area contributed by atoms with E-state index in [1.54, 1.807) is 0 Å². The molecule has 0 unspecified atom stereocenters. The molecule has 2 aliphatic heterocycles. The van der Waals surface area contributed by atoms with E-state index in [1.165, 1.54) is 29.7 Å². The third-order valence-corrected chi connectivity index (χ3v) is 6.62. The number of allylic oxidation sites excluding steroid dienone is 2. The zero-order valence-corrected chi connectivity index (χ0v) is 17.7. The van der Waals surface area contributed by atoms with Gasteiger partial charge in [0.15, 0.2) is 5.78 Å². The summed E-state index contributed by atoms with van der Waals surface area (Å²) in [6, 6.07) is 14.7. The minimum Gasteiger partial charge on any atom is -0.302 e. The Morgan fingerprint density at radius 3 is 2.60 bits per heavy atom. The highest BCUT2D eigenvalue weighted by Crippen LogP contribution is 2.35. The number of likely N-dealkylation sites (N-methyl/N-ethyl adjacent to an activating group) is 1. The topological polar surface area (TPSA) is 35.9 Å². The second-order valence-corrected chi connectivity index (χ2v) is 8.58. The van der Waals surface area contributed by atoms with Crippen molar-refractivity contribution in [3.63, 3.8) is 0 Å². The molecule has 2 aromatic rings. The van der Waals surface area contributed by atoms with Crippen LogP contribution in [0.15, 0.2) is 53.5 Å². The van der Waals surface area contributed by atoms with Gasteiger partial charge in [-0.2, -0.15) is 0 Å². The molecule has 1 fully saturated rings. The van der Waals surface area contributed by atoms with Crippen molar-refractivity contribution >= 4 is 22.8 Å². The van der Waals surface area contributed by atoms with Crippen molar-refractivity contribution in [2.75, 3.05) is 32.7 Å². The molecule has 5 rings (SSSR count). The first-order valence-electron chi connectivity index (χ1n) is 11.2. The van der Waals surface area contributed by atoms with E-state index in [4.69, 9.17) is 4.99 Å². The minimum atomic E-state index is 0.226. The Hall–Kier alpha value is -2.56. The number of fused-ring (bicyclic) bond motifs is 2. The third kappa shape index (κ3) is 3.78. The molecule has 4 heteroatoms. The monoisotopic (exact) mass is 399 g/mol. The number of ketones is 1. The van der Waals surface area contributed by atoms with Crippen LogP contribution in [-0.4, -0.2) is 54.0 Å². The molecule has 0 spiro atoms. The Labute approximate surface area is 178 Å². The molecular formula is C26H29N3O. The van der Waals surface area contributed by atoms with E-state index < -0.39 is 0 Å². The van der Waals surface area contributed by atoms with E-state index in [2.05, 4.69) is 59.2 Å². The Kier molecular flexibility index (Phi) is 5.36. The fourth-order valence-electron chi connectivity index (χ4n) is 4.99. The number of aliphatic imine (C=N–C) groups is 1. The molecule has 3 aliphatic rings. The van der Waals surface area contributed by atoms with Crippen LogP contribution < -0.4 is 0 Å². The summed E-state index contributed by atoms with van der Waals surface area (Å²) in [5.74, 6) is 0.226. The number of hydrogen-bond acceptors (Lipinski definition) is 4. The maximum absolute atomic E-state index is 12.9. The Morgan fingerprint density at radius 2 is 1.73 bits per heavy atom. The molecule has 4 nitrogen and oxygen atoms in total. The lowest BCUT2D eigenvalue weighted by Crippen LogP contribution is -2.30. The molecule has 1 aliphatic carbocycles. The van der Waals surface area contributed by atoms with Crippen LogP contribution in [-0.2, 0) is 24.2 Å². The lowest BCUT2D eigenvalue weighted by molar-refractivity contribution is -0.112. The van der Waals surface area contributed by atoms with Crippen molar-refractivity contribution in [3.05, 3.63) is 70.8 Å². The SMILES string of the molecule is CCN1CCCN(Cc2cccc3c2/C(=C/C2=Nc4ccccc4C2)C(=O)C3)CC1. The van der Waals surface area contributed by atoms with Crippen LogP contribution in [0.4, 0.5) is 5.69 Å². The molecule has 154 valence electrons. The highest BCUT2D eigenvalue weighted by Gasteiger charge is 2.28. The first-order valence-corrected chi connectivity index (χ1v) is 11.2. The highest BCUT2D eigenvalue weighted by atomic mass is 16.1.